The molecule has 0 aliphatic carbocycles. The molecule has 0 aliphatic heterocycles. The van der Waals surface area contributed by atoms with Crippen LogP contribution in [0.1, 0.15) is 38.9 Å². The summed E-state index contributed by atoms with van der Waals surface area (Å²) in [4.78, 5) is 6.71. The summed E-state index contributed by atoms with van der Waals surface area (Å²) in [7, 11) is 2.12. The summed E-state index contributed by atoms with van der Waals surface area (Å²) in [6.45, 7) is 7.26. The lowest BCUT2D eigenvalue weighted by molar-refractivity contribution is 0.0983. The number of nitrogens with two attached hydrogens (primary N) is 1. The van der Waals surface area contributed by atoms with Crippen LogP contribution in [0.4, 0.5) is 0 Å². The van der Waals surface area contributed by atoms with E-state index in [1.165, 1.54) is 0 Å². The Hall–Kier alpha value is -0.930. The number of likely N-dealkylation sites (N-methyl/N-ethyl adjacent to an activating group) is 1. The number of pyridine rings is 1. The number of hydrogen-bond donors (Lipinski definition) is 1. The van der Waals surface area contributed by atoms with Crippen molar-refractivity contribution in [2.45, 2.75) is 38.8 Å². The third-order valence-electron chi connectivity index (χ3n) is 3.54. The Kier molecular flexibility index (Phi) is 4.44. The normalized spacial score (nSPS) is 14.1. The second-order valence-corrected chi connectivity index (χ2v) is 4.78. The summed E-state index contributed by atoms with van der Waals surface area (Å²) in [5, 5.41) is 0. The molecule has 0 fully saturated rings. The van der Waals surface area contributed by atoms with Crippen LogP contribution in [0.2, 0.25) is 0 Å². The maximum atomic E-state index is 5.88. The average molecular weight is 221 g/mol. The Morgan fingerprint density at radius 2 is 2.12 bits per heavy atom. The molecule has 3 heteroatoms. The minimum absolute atomic E-state index is 0.140. The molecule has 0 spiro atoms. The van der Waals surface area contributed by atoms with Gasteiger partial charge in [-0.3, -0.25) is 9.88 Å². The lowest BCUT2D eigenvalue weighted by Crippen LogP contribution is -2.45. The van der Waals surface area contributed by atoms with E-state index in [-0.39, 0.29) is 11.6 Å². The van der Waals surface area contributed by atoms with Gasteiger partial charge in [0.1, 0.15) is 0 Å². The molecular formula is C13H23N3. The molecule has 1 aromatic rings. The summed E-state index contributed by atoms with van der Waals surface area (Å²) >= 11 is 0. The van der Waals surface area contributed by atoms with Gasteiger partial charge in [0.2, 0.25) is 0 Å². The van der Waals surface area contributed by atoms with Gasteiger partial charge in [-0.2, -0.15) is 0 Å². The van der Waals surface area contributed by atoms with Crippen molar-refractivity contribution in [1.82, 2.24) is 9.88 Å². The van der Waals surface area contributed by atoms with Crippen LogP contribution in [0.15, 0.2) is 24.4 Å². The van der Waals surface area contributed by atoms with Crippen molar-refractivity contribution in [3.63, 3.8) is 0 Å². The fourth-order valence-corrected chi connectivity index (χ4v) is 1.72. The molecule has 0 saturated carbocycles. The van der Waals surface area contributed by atoms with Crippen LogP contribution in [-0.2, 0) is 0 Å². The molecule has 0 bridgehead atoms. The molecule has 0 radical (unpaired) electrons. The van der Waals surface area contributed by atoms with Gasteiger partial charge in [-0.25, -0.2) is 0 Å². The monoisotopic (exact) mass is 221 g/mol. The quantitative estimate of drug-likeness (QED) is 0.829. The molecule has 0 aromatic carbocycles. The topological polar surface area (TPSA) is 42.1 Å². The average Bonchev–Trinajstić information content (AvgIpc) is 2.31. The molecule has 0 aliphatic rings. The van der Waals surface area contributed by atoms with Crippen LogP contribution >= 0.6 is 0 Å². The molecule has 90 valence electrons. The van der Waals surface area contributed by atoms with Gasteiger partial charge < -0.3 is 5.73 Å². The number of aromatic nitrogens is 1. The lowest BCUT2D eigenvalue weighted by Gasteiger charge is -2.40. The van der Waals surface area contributed by atoms with Crippen LogP contribution in [0, 0.1) is 0 Å². The van der Waals surface area contributed by atoms with Gasteiger partial charge in [-0.1, -0.05) is 13.0 Å². The fraction of sp³-hybridized carbons (Fsp3) is 0.615. The van der Waals surface area contributed by atoms with E-state index >= 15 is 0 Å². The van der Waals surface area contributed by atoms with Crippen LogP contribution in [-0.4, -0.2) is 29.0 Å². The van der Waals surface area contributed by atoms with Crippen molar-refractivity contribution >= 4 is 0 Å². The molecule has 1 atom stereocenters. The van der Waals surface area contributed by atoms with Gasteiger partial charge in [-0.15, -0.1) is 0 Å². The molecule has 1 rings (SSSR count). The molecule has 1 unspecified atom stereocenters. The Bertz CT molecular complexity index is 308. The predicted molar refractivity (Wildman–Crippen MR) is 68.2 cm³/mol. The number of rotatable bonds is 5. The van der Waals surface area contributed by atoms with Gasteiger partial charge in [0.25, 0.3) is 0 Å². The van der Waals surface area contributed by atoms with Crippen LogP contribution < -0.4 is 5.73 Å². The van der Waals surface area contributed by atoms with Crippen LogP contribution in [0.3, 0.4) is 0 Å². The Labute approximate surface area is 98.7 Å². The van der Waals surface area contributed by atoms with E-state index in [1.807, 2.05) is 24.4 Å². The lowest BCUT2D eigenvalue weighted by atomic mass is 9.96. The highest BCUT2D eigenvalue weighted by atomic mass is 15.2. The highest BCUT2D eigenvalue weighted by Gasteiger charge is 2.28. The first-order valence-electron chi connectivity index (χ1n) is 5.87. The maximum absolute atomic E-state index is 5.88. The fourth-order valence-electron chi connectivity index (χ4n) is 1.72. The summed E-state index contributed by atoms with van der Waals surface area (Å²) in [6.07, 6.45) is 2.91. The number of hydrogen-bond acceptors (Lipinski definition) is 3. The molecule has 0 saturated heterocycles. The van der Waals surface area contributed by atoms with Crippen LogP contribution in [0.5, 0.6) is 0 Å². The molecule has 0 amide bonds. The molecule has 2 N–H and O–H groups in total. The maximum Gasteiger partial charge on any atom is 0.0646 e. The van der Waals surface area contributed by atoms with E-state index < -0.39 is 0 Å². The van der Waals surface area contributed by atoms with Crippen molar-refractivity contribution in [2.24, 2.45) is 5.73 Å². The van der Waals surface area contributed by atoms with Gasteiger partial charge in [0, 0.05) is 18.3 Å². The second kappa shape index (κ2) is 5.41. The van der Waals surface area contributed by atoms with E-state index in [1.54, 1.807) is 0 Å². The van der Waals surface area contributed by atoms with E-state index in [4.69, 9.17) is 5.73 Å². The van der Waals surface area contributed by atoms with E-state index in [0.717, 1.165) is 12.1 Å². The van der Waals surface area contributed by atoms with E-state index in [9.17, 15) is 0 Å². The van der Waals surface area contributed by atoms with Crippen molar-refractivity contribution in [1.29, 1.82) is 0 Å². The van der Waals surface area contributed by atoms with E-state index in [2.05, 4.69) is 37.7 Å². The third kappa shape index (κ3) is 2.80. The molecule has 1 heterocycles. The SMILES string of the molecule is CCC(C)(C)N(C)C(CN)c1ccccn1. The van der Waals surface area contributed by atoms with Gasteiger partial charge in [0.05, 0.1) is 11.7 Å². The number of nitrogens with zero attached hydrogens (tertiary/aromatic N) is 2. The van der Waals surface area contributed by atoms with Crippen molar-refractivity contribution < 1.29 is 0 Å². The largest absolute Gasteiger partial charge is 0.329 e. The summed E-state index contributed by atoms with van der Waals surface area (Å²) in [5.41, 5.74) is 7.07. The highest BCUT2D eigenvalue weighted by Crippen LogP contribution is 2.26. The third-order valence-corrected chi connectivity index (χ3v) is 3.54. The molecular weight excluding hydrogens is 198 g/mol. The standard InChI is InChI=1S/C13H23N3/c1-5-13(2,3)16(4)12(10-14)11-8-6-7-9-15-11/h6-9,12H,5,10,14H2,1-4H3. The zero-order valence-corrected chi connectivity index (χ0v) is 10.8. The zero-order valence-electron chi connectivity index (χ0n) is 10.8. The van der Waals surface area contributed by atoms with Crippen LogP contribution in [0.25, 0.3) is 0 Å². The van der Waals surface area contributed by atoms with Gasteiger partial charge in [0.15, 0.2) is 0 Å². The summed E-state index contributed by atoms with van der Waals surface area (Å²) < 4.78 is 0. The first-order valence-corrected chi connectivity index (χ1v) is 5.87. The molecule has 1 aromatic heterocycles. The minimum atomic E-state index is 0.140. The van der Waals surface area contributed by atoms with Gasteiger partial charge in [-0.05, 0) is 39.4 Å². The first-order chi connectivity index (χ1) is 7.53. The summed E-state index contributed by atoms with van der Waals surface area (Å²) in [5.74, 6) is 0. The second-order valence-electron chi connectivity index (χ2n) is 4.78. The Balaban J connectivity index is 2.91. The minimum Gasteiger partial charge on any atom is -0.329 e. The summed E-state index contributed by atoms with van der Waals surface area (Å²) in [6, 6.07) is 6.18. The Morgan fingerprint density at radius 1 is 1.44 bits per heavy atom. The van der Waals surface area contributed by atoms with Crippen molar-refractivity contribution in [3.05, 3.63) is 30.1 Å². The van der Waals surface area contributed by atoms with Crippen molar-refractivity contribution in [3.8, 4) is 0 Å². The zero-order chi connectivity index (χ0) is 12.2. The van der Waals surface area contributed by atoms with Gasteiger partial charge >= 0.3 is 0 Å². The predicted octanol–water partition coefficient (Wildman–Crippen LogP) is 2.20. The first kappa shape index (κ1) is 13.1. The van der Waals surface area contributed by atoms with E-state index in [0.29, 0.717) is 6.54 Å². The van der Waals surface area contributed by atoms with Crippen molar-refractivity contribution in [2.75, 3.05) is 13.6 Å². The molecule has 16 heavy (non-hydrogen) atoms. The smallest absolute Gasteiger partial charge is 0.0646 e. The molecule has 3 nitrogen and oxygen atoms in total. The Morgan fingerprint density at radius 3 is 2.56 bits per heavy atom. The highest BCUT2D eigenvalue weighted by molar-refractivity contribution is 5.10.